The highest BCUT2D eigenvalue weighted by molar-refractivity contribution is 5.94. The molecule has 0 saturated carbocycles. The molecule has 0 radical (unpaired) electrons. The summed E-state index contributed by atoms with van der Waals surface area (Å²) in [5, 5.41) is 25.9. The van der Waals surface area contributed by atoms with Crippen molar-refractivity contribution in [2.45, 2.75) is 69.8 Å². The third-order valence-electron chi connectivity index (χ3n) is 5.01. The molecule has 0 bridgehead atoms. The van der Waals surface area contributed by atoms with Gasteiger partial charge in [-0.15, -0.1) is 0 Å². The number of carbonyl (C=O) groups is 4. The topological polar surface area (TPSA) is 197 Å². The second-order valence-electron chi connectivity index (χ2n) is 7.94. The van der Waals surface area contributed by atoms with Crippen LogP contribution in [0.5, 0.6) is 0 Å². The van der Waals surface area contributed by atoms with Gasteiger partial charge in [-0.05, 0) is 51.6 Å². The lowest BCUT2D eigenvalue weighted by Gasteiger charge is -2.24. The van der Waals surface area contributed by atoms with Crippen LogP contribution in [0, 0.1) is 0 Å². The normalized spacial score (nSPS) is 15.4. The zero-order valence-corrected chi connectivity index (χ0v) is 19.0. The monoisotopic (exact) mass is 465 g/mol. The van der Waals surface area contributed by atoms with Gasteiger partial charge in [0.2, 0.25) is 17.7 Å². The SMILES string of the molecule is CC(NC(=O)C(CCCCN)NC(=O)C(N)Cc1ccccc1)C(=O)NC(C(=O)O)C(C)O. The number of rotatable bonds is 14. The van der Waals surface area contributed by atoms with Crippen LogP contribution in [0.15, 0.2) is 30.3 Å². The number of aliphatic hydroxyl groups is 1. The maximum atomic E-state index is 12.8. The Hall–Kier alpha value is -3.02. The van der Waals surface area contributed by atoms with E-state index >= 15 is 0 Å². The molecule has 0 fully saturated rings. The number of carbonyl (C=O) groups excluding carboxylic acids is 3. The summed E-state index contributed by atoms with van der Waals surface area (Å²) >= 11 is 0. The lowest BCUT2D eigenvalue weighted by Crippen LogP contribution is -2.57. The Kier molecular flexibility index (Phi) is 12.0. The molecule has 1 aromatic rings. The van der Waals surface area contributed by atoms with Crippen molar-refractivity contribution >= 4 is 23.7 Å². The molecule has 1 aromatic carbocycles. The first kappa shape index (κ1) is 28.0. The molecule has 9 N–H and O–H groups in total. The minimum Gasteiger partial charge on any atom is -0.480 e. The third-order valence-corrected chi connectivity index (χ3v) is 5.01. The number of nitrogens with two attached hydrogens (primary N) is 2. The van der Waals surface area contributed by atoms with E-state index < -0.39 is 54.0 Å². The second-order valence-corrected chi connectivity index (χ2v) is 7.94. The summed E-state index contributed by atoms with van der Waals surface area (Å²) < 4.78 is 0. The number of nitrogens with one attached hydrogen (secondary N) is 3. The molecule has 3 amide bonds. The lowest BCUT2D eigenvalue weighted by molar-refractivity contribution is -0.145. The number of amides is 3. The summed E-state index contributed by atoms with van der Waals surface area (Å²) in [5.74, 6) is -3.32. The zero-order chi connectivity index (χ0) is 25.0. The summed E-state index contributed by atoms with van der Waals surface area (Å²) in [6.45, 7) is 3.02. The Labute approximate surface area is 193 Å². The van der Waals surface area contributed by atoms with Crippen LogP contribution in [0.3, 0.4) is 0 Å². The Balaban J connectivity index is 2.77. The maximum absolute atomic E-state index is 12.8. The molecule has 33 heavy (non-hydrogen) atoms. The van der Waals surface area contributed by atoms with Gasteiger partial charge in [0.15, 0.2) is 6.04 Å². The number of aliphatic carboxylic acids is 1. The van der Waals surface area contributed by atoms with Gasteiger partial charge in [-0.3, -0.25) is 14.4 Å². The molecule has 184 valence electrons. The molecule has 1 rings (SSSR count). The van der Waals surface area contributed by atoms with Crippen LogP contribution in [-0.2, 0) is 25.6 Å². The number of hydrogen-bond donors (Lipinski definition) is 7. The van der Waals surface area contributed by atoms with Gasteiger partial charge < -0.3 is 37.6 Å². The second kappa shape index (κ2) is 14.2. The Morgan fingerprint density at radius 2 is 1.58 bits per heavy atom. The molecule has 0 aliphatic carbocycles. The number of benzene rings is 1. The molecule has 11 heteroatoms. The number of aliphatic hydroxyl groups excluding tert-OH is 1. The number of carboxylic acids is 1. The molecule has 0 aliphatic rings. The van der Waals surface area contributed by atoms with E-state index in [2.05, 4.69) is 16.0 Å². The van der Waals surface area contributed by atoms with E-state index in [1.807, 2.05) is 30.3 Å². The van der Waals surface area contributed by atoms with Crippen molar-refractivity contribution < 1.29 is 29.4 Å². The van der Waals surface area contributed by atoms with Gasteiger partial charge >= 0.3 is 5.97 Å². The van der Waals surface area contributed by atoms with Crippen LogP contribution < -0.4 is 27.4 Å². The van der Waals surface area contributed by atoms with Gasteiger partial charge in [0, 0.05) is 0 Å². The molecule has 5 atom stereocenters. The Morgan fingerprint density at radius 3 is 2.12 bits per heavy atom. The summed E-state index contributed by atoms with van der Waals surface area (Å²) in [6, 6.07) is 4.76. The van der Waals surface area contributed by atoms with Gasteiger partial charge in [-0.2, -0.15) is 0 Å². The minimum atomic E-state index is -1.52. The number of unbranched alkanes of at least 4 members (excludes halogenated alkanes) is 1. The smallest absolute Gasteiger partial charge is 0.328 e. The van der Waals surface area contributed by atoms with E-state index in [0.29, 0.717) is 25.8 Å². The van der Waals surface area contributed by atoms with Crippen molar-refractivity contribution in [3.05, 3.63) is 35.9 Å². The van der Waals surface area contributed by atoms with E-state index in [4.69, 9.17) is 16.6 Å². The van der Waals surface area contributed by atoms with Crippen LogP contribution in [-0.4, -0.2) is 70.7 Å². The Morgan fingerprint density at radius 1 is 0.939 bits per heavy atom. The van der Waals surface area contributed by atoms with Gasteiger partial charge in [0.25, 0.3) is 0 Å². The van der Waals surface area contributed by atoms with Crippen molar-refractivity contribution in [1.29, 1.82) is 0 Å². The average Bonchev–Trinajstić information content (AvgIpc) is 2.76. The van der Waals surface area contributed by atoms with Gasteiger partial charge in [0.1, 0.15) is 12.1 Å². The first-order chi connectivity index (χ1) is 15.6. The van der Waals surface area contributed by atoms with Gasteiger partial charge in [0.05, 0.1) is 12.1 Å². The summed E-state index contributed by atoms with van der Waals surface area (Å²) in [4.78, 5) is 48.8. The zero-order valence-electron chi connectivity index (χ0n) is 19.0. The van der Waals surface area contributed by atoms with Crippen molar-refractivity contribution in [2.24, 2.45) is 11.5 Å². The molecular weight excluding hydrogens is 430 g/mol. The fraction of sp³-hybridized carbons (Fsp3) is 0.545. The first-order valence-electron chi connectivity index (χ1n) is 10.9. The van der Waals surface area contributed by atoms with Crippen molar-refractivity contribution in [2.75, 3.05) is 6.54 Å². The summed E-state index contributed by atoms with van der Waals surface area (Å²) in [7, 11) is 0. The van der Waals surface area contributed by atoms with Crippen LogP contribution in [0.1, 0.15) is 38.7 Å². The highest BCUT2D eigenvalue weighted by atomic mass is 16.4. The van der Waals surface area contributed by atoms with Crippen LogP contribution >= 0.6 is 0 Å². The summed E-state index contributed by atoms with van der Waals surface area (Å²) in [5.41, 5.74) is 12.4. The lowest BCUT2D eigenvalue weighted by atomic mass is 10.0. The van der Waals surface area contributed by atoms with Gasteiger partial charge in [-0.1, -0.05) is 30.3 Å². The predicted molar refractivity (Wildman–Crippen MR) is 122 cm³/mol. The van der Waals surface area contributed by atoms with E-state index in [9.17, 15) is 24.3 Å². The first-order valence-corrected chi connectivity index (χ1v) is 10.9. The van der Waals surface area contributed by atoms with Crippen molar-refractivity contribution in [1.82, 2.24) is 16.0 Å². The van der Waals surface area contributed by atoms with Crippen LogP contribution in [0.4, 0.5) is 0 Å². The molecule has 0 aliphatic heterocycles. The van der Waals surface area contributed by atoms with Crippen LogP contribution in [0.25, 0.3) is 0 Å². The third kappa shape index (κ3) is 9.98. The van der Waals surface area contributed by atoms with E-state index in [1.165, 1.54) is 13.8 Å². The Bertz CT molecular complexity index is 789. The maximum Gasteiger partial charge on any atom is 0.328 e. The fourth-order valence-electron chi connectivity index (χ4n) is 3.05. The molecule has 0 spiro atoms. The molecule has 0 saturated heterocycles. The average molecular weight is 466 g/mol. The largest absolute Gasteiger partial charge is 0.480 e. The standard InChI is InChI=1S/C22H35N5O6/c1-13(19(29)27-18(14(2)28)22(32)33)25-21(31)17(10-6-7-11-23)26-20(30)16(24)12-15-8-4-3-5-9-15/h3-5,8-9,13-14,16-18,28H,6-7,10-12,23-24H2,1-2H3,(H,25,31)(H,26,30)(H,27,29)(H,32,33). The highest BCUT2D eigenvalue weighted by Crippen LogP contribution is 2.05. The molecular formula is C22H35N5O6. The van der Waals surface area contributed by atoms with Crippen molar-refractivity contribution in [3.8, 4) is 0 Å². The van der Waals surface area contributed by atoms with Gasteiger partial charge in [-0.25, -0.2) is 4.79 Å². The van der Waals surface area contributed by atoms with E-state index in [1.54, 1.807) is 0 Å². The molecule has 0 aromatic heterocycles. The summed E-state index contributed by atoms with van der Waals surface area (Å²) in [6.07, 6.45) is 0.446. The molecule has 5 unspecified atom stereocenters. The minimum absolute atomic E-state index is 0.284. The number of hydrogen-bond acceptors (Lipinski definition) is 7. The van der Waals surface area contributed by atoms with Crippen molar-refractivity contribution in [3.63, 3.8) is 0 Å². The molecule has 0 heterocycles. The van der Waals surface area contributed by atoms with E-state index in [-0.39, 0.29) is 6.42 Å². The molecule has 11 nitrogen and oxygen atoms in total. The fourth-order valence-corrected chi connectivity index (χ4v) is 3.05. The quantitative estimate of drug-likeness (QED) is 0.163. The van der Waals surface area contributed by atoms with Crippen LogP contribution in [0.2, 0.25) is 0 Å². The highest BCUT2D eigenvalue weighted by Gasteiger charge is 2.29. The van der Waals surface area contributed by atoms with E-state index in [0.717, 1.165) is 5.56 Å². The predicted octanol–water partition coefficient (Wildman–Crippen LogP) is -1.37. The number of carboxylic acid groups (broad SMARTS) is 1.